The summed E-state index contributed by atoms with van der Waals surface area (Å²) in [4.78, 5) is 24.9. The minimum atomic E-state index is -2.90. The van der Waals surface area contributed by atoms with E-state index in [1.54, 1.807) is 0 Å². The number of hydrogen-bond donors (Lipinski definition) is 1. The molecule has 0 radical (unpaired) electrons. The number of amides is 1. The fraction of sp³-hybridized carbons (Fsp3) is 0.500. The van der Waals surface area contributed by atoms with E-state index in [9.17, 15) is 18.4 Å². The lowest BCUT2D eigenvalue weighted by molar-refractivity contribution is -0.139. The van der Waals surface area contributed by atoms with Gasteiger partial charge in [-0.05, 0) is 24.1 Å². The molecule has 0 saturated carbocycles. The van der Waals surface area contributed by atoms with Gasteiger partial charge in [-0.15, -0.1) is 0 Å². The second-order valence-electron chi connectivity index (χ2n) is 5.59. The summed E-state index contributed by atoms with van der Waals surface area (Å²) in [6, 6.07) is 5.40. The Hall–Kier alpha value is -2.22. The van der Waals surface area contributed by atoms with Crippen molar-refractivity contribution in [3.8, 4) is 5.75 Å². The van der Waals surface area contributed by atoms with Gasteiger partial charge in [0.1, 0.15) is 5.75 Å². The first-order valence-electron chi connectivity index (χ1n) is 7.47. The standard InChI is InChI=1S/C16H19F2NO5/c1-23-13-7-11(8-15(21)22)19(9-13)14(20)6-10-2-4-12(5-3-10)24-16(17)18/h2-5,11,13,16H,6-9H2,1H3,(H,21,22). The van der Waals surface area contributed by atoms with E-state index in [1.807, 2.05) is 0 Å². The molecule has 1 aromatic carbocycles. The van der Waals surface area contributed by atoms with Crippen molar-refractivity contribution >= 4 is 11.9 Å². The number of methoxy groups -OCH3 is 1. The van der Waals surface area contributed by atoms with Crippen LogP contribution in [0.2, 0.25) is 0 Å². The molecule has 0 aliphatic carbocycles. The molecule has 1 aromatic rings. The summed E-state index contributed by atoms with van der Waals surface area (Å²) in [5.41, 5.74) is 0.636. The molecule has 8 heteroatoms. The number of nitrogens with zero attached hydrogens (tertiary/aromatic N) is 1. The van der Waals surface area contributed by atoms with E-state index in [1.165, 1.54) is 36.3 Å². The van der Waals surface area contributed by atoms with Crippen molar-refractivity contribution in [2.24, 2.45) is 0 Å². The second-order valence-corrected chi connectivity index (χ2v) is 5.59. The number of carbonyl (C=O) groups is 2. The lowest BCUT2D eigenvalue weighted by atomic mass is 10.1. The summed E-state index contributed by atoms with van der Waals surface area (Å²) in [6.07, 6.45) is 0.226. The average Bonchev–Trinajstić information content (AvgIpc) is 2.91. The SMILES string of the molecule is COC1CC(CC(=O)O)N(C(=O)Cc2ccc(OC(F)F)cc2)C1. The van der Waals surface area contributed by atoms with Gasteiger partial charge in [-0.3, -0.25) is 9.59 Å². The van der Waals surface area contributed by atoms with Crippen molar-refractivity contribution in [2.75, 3.05) is 13.7 Å². The maximum Gasteiger partial charge on any atom is 0.387 e. The van der Waals surface area contributed by atoms with Gasteiger partial charge in [-0.25, -0.2) is 0 Å². The quantitative estimate of drug-likeness (QED) is 0.819. The monoisotopic (exact) mass is 343 g/mol. The van der Waals surface area contributed by atoms with Crippen LogP contribution in [-0.4, -0.2) is 54.3 Å². The summed E-state index contributed by atoms with van der Waals surface area (Å²) < 4.78 is 33.7. The van der Waals surface area contributed by atoms with Gasteiger partial charge in [0.25, 0.3) is 0 Å². The number of carbonyl (C=O) groups excluding carboxylic acids is 1. The van der Waals surface area contributed by atoms with E-state index in [-0.39, 0.29) is 30.6 Å². The molecule has 1 saturated heterocycles. The molecule has 6 nitrogen and oxygen atoms in total. The minimum Gasteiger partial charge on any atom is -0.481 e. The third-order valence-electron chi connectivity index (χ3n) is 3.94. The third kappa shape index (κ3) is 4.89. The predicted octanol–water partition coefficient (Wildman–Crippen LogP) is 1.92. The number of alkyl halides is 2. The zero-order valence-corrected chi connectivity index (χ0v) is 13.2. The minimum absolute atomic E-state index is 0.0190. The highest BCUT2D eigenvalue weighted by Crippen LogP contribution is 2.24. The van der Waals surface area contributed by atoms with Crippen LogP contribution in [-0.2, 0) is 20.7 Å². The van der Waals surface area contributed by atoms with Crippen molar-refractivity contribution in [3.63, 3.8) is 0 Å². The molecule has 0 spiro atoms. The van der Waals surface area contributed by atoms with Gasteiger partial charge in [0.05, 0.1) is 18.9 Å². The first-order chi connectivity index (χ1) is 11.4. The zero-order chi connectivity index (χ0) is 17.7. The number of ether oxygens (including phenoxy) is 2. The van der Waals surface area contributed by atoms with Gasteiger partial charge in [-0.2, -0.15) is 8.78 Å². The highest BCUT2D eigenvalue weighted by Gasteiger charge is 2.36. The fourth-order valence-corrected chi connectivity index (χ4v) is 2.81. The lowest BCUT2D eigenvalue weighted by Crippen LogP contribution is -2.38. The van der Waals surface area contributed by atoms with Crippen molar-refractivity contribution < 1.29 is 33.0 Å². The Bertz CT molecular complexity index is 578. The van der Waals surface area contributed by atoms with Gasteiger partial charge in [-0.1, -0.05) is 12.1 Å². The Balaban J connectivity index is 2.00. The van der Waals surface area contributed by atoms with Crippen LogP contribution in [0.1, 0.15) is 18.4 Å². The Morgan fingerprint density at radius 2 is 2.00 bits per heavy atom. The molecule has 0 aromatic heterocycles. The average molecular weight is 343 g/mol. The molecule has 1 aliphatic heterocycles. The van der Waals surface area contributed by atoms with Crippen molar-refractivity contribution in [3.05, 3.63) is 29.8 Å². The lowest BCUT2D eigenvalue weighted by Gasteiger charge is -2.23. The topological polar surface area (TPSA) is 76.1 Å². The molecule has 2 unspecified atom stereocenters. The molecule has 1 fully saturated rings. The third-order valence-corrected chi connectivity index (χ3v) is 3.94. The van der Waals surface area contributed by atoms with E-state index < -0.39 is 18.6 Å². The molecule has 1 aliphatic rings. The molecular formula is C16H19F2NO5. The van der Waals surface area contributed by atoms with E-state index in [4.69, 9.17) is 9.84 Å². The molecule has 0 bridgehead atoms. The summed E-state index contributed by atoms with van der Waals surface area (Å²) in [6.45, 7) is -2.55. The normalized spacial score (nSPS) is 20.4. The molecule has 24 heavy (non-hydrogen) atoms. The predicted molar refractivity (Wildman–Crippen MR) is 79.9 cm³/mol. The van der Waals surface area contributed by atoms with Crippen LogP contribution in [0.5, 0.6) is 5.75 Å². The van der Waals surface area contributed by atoms with Crippen molar-refractivity contribution in [1.82, 2.24) is 4.90 Å². The second kappa shape index (κ2) is 8.05. The Morgan fingerprint density at radius 1 is 1.33 bits per heavy atom. The first-order valence-corrected chi connectivity index (χ1v) is 7.47. The molecule has 2 atom stereocenters. The fourth-order valence-electron chi connectivity index (χ4n) is 2.81. The molecule has 1 amide bonds. The Kier molecular flexibility index (Phi) is 6.08. The van der Waals surface area contributed by atoms with E-state index in [0.717, 1.165) is 0 Å². The van der Waals surface area contributed by atoms with Gasteiger partial charge in [0.15, 0.2) is 0 Å². The van der Waals surface area contributed by atoms with Gasteiger partial charge >= 0.3 is 12.6 Å². The molecule has 132 valence electrons. The number of carboxylic acids is 1. The Labute approximate surface area is 138 Å². The van der Waals surface area contributed by atoms with Crippen LogP contribution < -0.4 is 4.74 Å². The van der Waals surface area contributed by atoms with Crippen molar-refractivity contribution in [2.45, 2.75) is 38.0 Å². The van der Waals surface area contributed by atoms with E-state index >= 15 is 0 Å². The first kappa shape index (κ1) is 18.1. The summed E-state index contributed by atoms with van der Waals surface area (Å²) >= 11 is 0. The molecule has 1 N–H and O–H groups in total. The van der Waals surface area contributed by atoms with Crippen LogP contribution in [0, 0.1) is 0 Å². The van der Waals surface area contributed by atoms with E-state index in [2.05, 4.69) is 4.74 Å². The number of rotatable bonds is 7. The zero-order valence-electron chi connectivity index (χ0n) is 13.2. The smallest absolute Gasteiger partial charge is 0.387 e. The summed E-state index contributed by atoms with van der Waals surface area (Å²) in [5, 5.41) is 8.97. The maximum atomic E-state index is 12.5. The molecule has 2 rings (SSSR count). The molecule has 1 heterocycles. The van der Waals surface area contributed by atoms with Crippen molar-refractivity contribution in [1.29, 1.82) is 0 Å². The largest absolute Gasteiger partial charge is 0.481 e. The number of halogens is 2. The van der Waals surface area contributed by atoms with Crippen LogP contribution in [0.15, 0.2) is 24.3 Å². The number of carboxylic acid groups (broad SMARTS) is 1. The molecular weight excluding hydrogens is 324 g/mol. The van der Waals surface area contributed by atoms with Crippen LogP contribution in [0.25, 0.3) is 0 Å². The van der Waals surface area contributed by atoms with Gasteiger partial charge in [0, 0.05) is 19.7 Å². The van der Waals surface area contributed by atoms with Crippen LogP contribution in [0.4, 0.5) is 8.78 Å². The summed E-state index contributed by atoms with van der Waals surface area (Å²) in [7, 11) is 1.53. The number of aliphatic carboxylic acids is 1. The highest BCUT2D eigenvalue weighted by molar-refractivity contribution is 5.80. The number of likely N-dealkylation sites (tertiary alicyclic amines) is 1. The van der Waals surface area contributed by atoms with Gasteiger partial charge < -0.3 is 19.5 Å². The highest BCUT2D eigenvalue weighted by atomic mass is 19.3. The number of benzene rings is 1. The van der Waals surface area contributed by atoms with Crippen LogP contribution >= 0.6 is 0 Å². The summed E-state index contributed by atoms with van der Waals surface area (Å²) in [5.74, 6) is -1.17. The maximum absolute atomic E-state index is 12.5. The van der Waals surface area contributed by atoms with Gasteiger partial charge in [0.2, 0.25) is 5.91 Å². The number of hydrogen-bond acceptors (Lipinski definition) is 4. The van der Waals surface area contributed by atoms with E-state index in [0.29, 0.717) is 18.5 Å². The Morgan fingerprint density at radius 3 is 2.54 bits per heavy atom. The van der Waals surface area contributed by atoms with Crippen LogP contribution in [0.3, 0.4) is 0 Å².